The van der Waals surface area contributed by atoms with Crippen molar-refractivity contribution in [1.82, 2.24) is 4.90 Å². The minimum Gasteiger partial charge on any atom is -0.321 e. The molecule has 1 heterocycles. The van der Waals surface area contributed by atoms with Crippen molar-refractivity contribution >= 4 is 11.6 Å². The Kier molecular flexibility index (Phi) is 3.19. The zero-order valence-corrected chi connectivity index (χ0v) is 10.1. The predicted octanol–water partition coefficient (Wildman–Crippen LogP) is 2.36. The number of halogens is 2. The number of piperidine rings is 1. The highest BCUT2D eigenvalue weighted by atomic mass is 35.5. The van der Waals surface area contributed by atoms with Crippen molar-refractivity contribution in [3.05, 3.63) is 34.6 Å². The molecule has 1 aliphatic rings. The van der Waals surface area contributed by atoms with Gasteiger partial charge in [-0.25, -0.2) is 4.39 Å². The summed E-state index contributed by atoms with van der Waals surface area (Å²) in [5, 5.41) is 0.154. The molecule has 1 aromatic rings. The molecule has 0 saturated carbocycles. The first-order valence-electron chi connectivity index (χ1n) is 5.44. The Hall–Kier alpha value is -0.640. The molecular formula is C12H16ClFN2. The van der Waals surface area contributed by atoms with Crippen molar-refractivity contribution in [3.8, 4) is 0 Å². The van der Waals surface area contributed by atoms with Gasteiger partial charge in [0.15, 0.2) is 0 Å². The van der Waals surface area contributed by atoms with Crippen molar-refractivity contribution in [2.24, 2.45) is 5.73 Å². The second-order valence-corrected chi connectivity index (χ2v) is 5.00. The Morgan fingerprint density at radius 2 is 2.00 bits per heavy atom. The van der Waals surface area contributed by atoms with Gasteiger partial charge in [-0.15, -0.1) is 0 Å². The van der Waals surface area contributed by atoms with Gasteiger partial charge in [0.25, 0.3) is 0 Å². The van der Waals surface area contributed by atoms with Crippen molar-refractivity contribution < 1.29 is 4.39 Å². The van der Waals surface area contributed by atoms with Crippen LogP contribution >= 0.6 is 11.6 Å². The van der Waals surface area contributed by atoms with Crippen molar-refractivity contribution in [2.45, 2.75) is 18.4 Å². The van der Waals surface area contributed by atoms with E-state index in [1.807, 2.05) is 0 Å². The maximum absolute atomic E-state index is 13.1. The SMILES string of the molecule is CN1CCC(N)(c2ccc(F)c(Cl)c2)CC1. The molecule has 2 nitrogen and oxygen atoms in total. The molecule has 4 heteroatoms. The highest BCUT2D eigenvalue weighted by molar-refractivity contribution is 6.30. The third-order valence-corrected chi connectivity index (χ3v) is 3.66. The fourth-order valence-electron chi connectivity index (χ4n) is 2.11. The number of hydrogen-bond donors (Lipinski definition) is 1. The highest BCUT2D eigenvalue weighted by Gasteiger charge is 2.31. The molecule has 0 amide bonds. The molecule has 0 aromatic heterocycles. The lowest BCUT2D eigenvalue weighted by Crippen LogP contribution is -2.46. The number of benzene rings is 1. The van der Waals surface area contributed by atoms with Gasteiger partial charge in [-0.05, 0) is 50.7 Å². The van der Waals surface area contributed by atoms with Gasteiger partial charge in [0.05, 0.1) is 5.02 Å². The van der Waals surface area contributed by atoms with E-state index in [0.717, 1.165) is 31.5 Å². The van der Waals surface area contributed by atoms with Gasteiger partial charge in [-0.3, -0.25) is 0 Å². The first kappa shape index (κ1) is 11.8. The van der Waals surface area contributed by atoms with E-state index >= 15 is 0 Å². The smallest absolute Gasteiger partial charge is 0.141 e. The van der Waals surface area contributed by atoms with Crippen LogP contribution in [0.1, 0.15) is 18.4 Å². The third-order valence-electron chi connectivity index (χ3n) is 3.37. The van der Waals surface area contributed by atoms with Gasteiger partial charge in [0, 0.05) is 5.54 Å². The molecule has 1 aromatic carbocycles. The zero-order chi connectivity index (χ0) is 11.8. The monoisotopic (exact) mass is 242 g/mol. The fourth-order valence-corrected chi connectivity index (χ4v) is 2.29. The molecule has 1 aliphatic heterocycles. The van der Waals surface area contributed by atoms with Crippen LogP contribution in [0.25, 0.3) is 0 Å². The van der Waals surface area contributed by atoms with Crippen molar-refractivity contribution in [3.63, 3.8) is 0 Å². The normalized spacial score (nSPS) is 21.0. The molecule has 2 N–H and O–H groups in total. The largest absolute Gasteiger partial charge is 0.321 e. The quantitative estimate of drug-likeness (QED) is 0.819. The van der Waals surface area contributed by atoms with Gasteiger partial charge >= 0.3 is 0 Å². The molecule has 0 atom stereocenters. The summed E-state index contributed by atoms with van der Waals surface area (Å²) in [6.45, 7) is 1.93. The number of nitrogens with zero attached hydrogens (tertiary/aromatic N) is 1. The average Bonchev–Trinajstić information content (AvgIpc) is 2.26. The van der Waals surface area contributed by atoms with E-state index in [1.165, 1.54) is 6.07 Å². The summed E-state index contributed by atoms with van der Waals surface area (Å²) in [6, 6.07) is 4.79. The van der Waals surface area contributed by atoms with Gasteiger partial charge in [0.2, 0.25) is 0 Å². The molecule has 88 valence electrons. The summed E-state index contributed by atoms with van der Waals surface area (Å²) in [5.41, 5.74) is 6.93. The molecule has 2 rings (SSSR count). The van der Waals surface area contributed by atoms with Crippen LogP contribution in [-0.2, 0) is 5.54 Å². The topological polar surface area (TPSA) is 29.3 Å². The van der Waals surface area contributed by atoms with Gasteiger partial charge in [-0.2, -0.15) is 0 Å². The van der Waals surface area contributed by atoms with E-state index in [9.17, 15) is 4.39 Å². The molecule has 0 spiro atoms. The predicted molar refractivity (Wildman–Crippen MR) is 64.0 cm³/mol. The maximum Gasteiger partial charge on any atom is 0.141 e. The molecule has 0 radical (unpaired) electrons. The average molecular weight is 243 g/mol. The van der Waals surface area contributed by atoms with Crippen LogP contribution in [0.15, 0.2) is 18.2 Å². The van der Waals surface area contributed by atoms with E-state index in [2.05, 4.69) is 11.9 Å². The summed E-state index contributed by atoms with van der Waals surface area (Å²) in [5.74, 6) is -0.387. The van der Waals surface area contributed by atoms with Gasteiger partial charge < -0.3 is 10.6 Å². The Labute approximate surface area is 100 Å². The van der Waals surface area contributed by atoms with E-state index < -0.39 is 0 Å². The summed E-state index contributed by atoms with van der Waals surface area (Å²) < 4.78 is 13.1. The van der Waals surface area contributed by atoms with Crippen LogP contribution in [0.3, 0.4) is 0 Å². The Bertz CT molecular complexity index is 387. The van der Waals surface area contributed by atoms with E-state index in [1.54, 1.807) is 12.1 Å². The minimum atomic E-state index is -0.387. The summed E-state index contributed by atoms with van der Waals surface area (Å²) in [6.07, 6.45) is 1.76. The standard InChI is InChI=1S/C12H16ClFN2/c1-16-6-4-12(15,5-7-16)9-2-3-11(14)10(13)8-9/h2-3,8H,4-7,15H2,1H3. The lowest BCUT2D eigenvalue weighted by atomic mass is 9.82. The van der Waals surface area contributed by atoms with E-state index in [-0.39, 0.29) is 16.4 Å². The van der Waals surface area contributed by atoms with Gasteiger partial charge in [-0.1, -0.05) is 17.7 Å². The maximum atomic E-state index is 13.1. The van der Waals surface area contributed by atoms with Crippen LogP contribution in [0.5, 0.6) is 0 Å². The number of likely N-dealkylation sites (tertiary alicyclic amines) is 1. The first-order chi connectivity index (χ1) is 7.51. The summed E-state index contributed by atoms with van der Waals surface area (Å²) in [4.78, 5) is 2.25. The summed E-state index contributed by atoms with van der Waals surface area (Å²) >= 11 is 5.78. The van der Waals surface area contributed by atoms with Crippen molar-refractivity contribution in [2.75, 3.05) is 20.1 Å². The van der Waals surface area contributed by atoms with E-state index in [4.69, 9.17) is 17.3 Å². The zero-order valence-electron chi connectivity index (χ0n) is 9.34. The fraction of sp³-hybridized carbons (Fsp3) is 0.500. The molecule has 0 bridgehead atoms. The number of nitrogens with two attached hydrogens (primary N) is 1. The van der Waals surface area contributed by atoms with Crippen LogP contribution < -0.4 is 5.73 Å². The number of rotatable bonds is 1. The first-order valence-corrected chi connectivity index (χ1v) is 5.82. The van der Waals surface area contributed by atoms with Crippen LogP contribution in [-0.4, -0.2) is 25.0 Å². The highest BCUT2D eigenvalue weighted by Crippen LogP contribution is 2.31. The van der Waals surface area contributed by atoms with Gasteiger partial charge in [0.1, 0.15) is 5.82 Å². The lowest BCUT2D eigenvalue weighted by molar-refractivity contribution is 0.191. The third kappa shape index (κ3) is 2.21. The minimum absolute atomic E-state index is 0.154. The molecule has 0 unspecified atom stereocenters. The Balaban J connectivity index is 2.25. The molecule has 1 fully saturated rings. The lowest BCUT2D eigenvalue weighted by Gasteiger charge is -2.38. The molecule has 1 saturated heterocycles. The molecule has 0 aliphatic carbocycles. The number of hydrogen-bond acceptors (Lipinski definition) is 2. The van der Waals surface area contributed by atoms with Crippen LogP contribution in [0.4, 0.5) is 4.39 Å². The van der Waals surface area contributed by atoms with Crippen LogP contribution in [0, 0.1) is 5.82 Å². The second kappa shape index (κ2) is 4.32. The summed E-state index contributed by atoms with van der Waals surface area (Å²) in [7, 11) is 2.08. The van der Waals surface area contributed by atoms with E-state index in [0.29, 0.717) is 0 Å². The molecule has 16 heavy (non-hydrogen) atoms. The Morgan fingerprint density at radius 3 is 2.56 bits per heavy atom. The Morgan fingerprint density at radius 1 is 1.38 bits per heavy atom. The van der Waals surface area contributed by atoms with Crippen LogP contribution in [0.2, 0.25) is 5.02 Å². The molecular weight excluding hydrogens is 227 g/mol. The second-order valence-electron chi connectivity index (χ2n) is 4.59. The van der Waals surface area contributed by atoms with Crippen molar-refractivity contribution in [1.29, 1.82) is 0 Å².